The Labute approximate surface area is 115 Å². The number of aromatic nitrogens is 2. The zero-order valence-corrected chi connectivity index (χ0v) is 12.0. The molecule has 1 aliphatic heterocycles. The summed E-state index contributed by atoms with van der Waals surface area (Å²) in [6.45, 7) is 4.11. The number of nitrogens with zero attached hydrogens (tertiary/aromatic N) is 2. The molecule has 1 aromatic rings. The average Bonchev–Trinajstić information content (AvgIpc) is 2.96. The molecule has 1 fully saturated rings. The first kappa shape index (κ1) is 13.0. The molecule has 0 atom stereocenters. The van der Waals surface area contributed by atoms with Crippen LogP contribution >= 0.6 is 0 Å². The van der Waals surface area contributed by atoms with Gasteiger partial charge in [-0.2, -0.15) is 0 Å². The van der Waals surface area contributed by atoms with E-state index in [1.54, 1.807) is 7.11 Å². The lowest BCUT2D eigenvalue weighted by Crippen LogP contribution is -2.32. The van der Waals surface area contributed by atoms with E-state index in [0.717, 1.165) is 44.6 Å². The molecule has 1 N–H and O–H groups in total. The smallest absolute Gasteiger partial charge is 0.160 e. The number of rotatable bonds is 3. The van der Waals surface area contributed by atoms with Crippen LogP contribution < -0.4 is 5.32 Å². The minimum absolute atomic E-state index is 0.218. The van der Waals surface area contributed by atoms with Crippen molar-refractivity contribution < 1.29 is 4.74 Å². The van der Waals surface area contributed by atoms with E-state index in [1.807, 2.05) is 0 Å². The molecular weight excluding hydrogens is 238 g/mol. The van der Waals surface area contributed by atoms with Crippen LogP contribution in [0.2, 0.25) is 0 Å². The summed E-state index contributed by atoms with van der Waals surface area (Å²) >= 11 is 0. The molecule has 0 amide bonds. The molecule has 4 heteroatoms. The summed E-state index contributed by atoms with van der Waals surface area (Å²) in [5.74, 6) is 0.935. The van der Waals surface area contributed by atoms with Gasteiger partial charge >= 0.3 is 0 Å². The van der Waals surface area contributed by atoms with Gasteiger partial charge in [-0.05, 0) is 32.1 Å². The topological polar surface area (TPSA) is 47.0 Å². The van der Waals surface area contributed by atoms with Crippen molar-refractivity contribution in [1.29, 1.82) is 0 Å². The van der Waals surface area contributed by atoms with Crippen molar-refractivity contribution in [3.8, 4) is 0 Å². The highest BCUT2D eigenvalue weighted by Crippen LogP contribution is 2.40. The third kappa shape index (κ3) is 2.17. The van der Waals surface area contributed by atoms with Gasteiger partial charge in [-0.25, -0.2) is 9.97 Å². The van der Waals surface area contributed by atoms with E-state index >= 15 is 0 Å². The summed E-state index contributed by atoms with van der Waals surface area (Å²) < 4.78 is 5.83. The average molecular weight is 261 g/mol. The minimum atomic E-state index is -0.218. The molecule has 1 saturated carbocycles. The lowest BCUT2D eigenvalue weighted by Gasteiger charge is -2.28. The Morgan fingerprint density at radius 3 is 2.74 bits per heavy atom. The molecule has 0 unspecified atom stereocenters. The van der Waals surface area contributed by atoms with E-state index in [1.165, 1.54) is 29.8 Å². The van der Waals surface area contributed by atoms with Crippen molar-refractivity contribution in [2.75, 3.05) is 13.7 Å². The summed E-state index contributed by atoms with van der Waals surface area (Å²) in [4.78, 5) is 9.72. The molecule has 0 radical (unpaired) electrons. The Bertz CT molecular complexity index is 449. The van der Waals surface area contributed by atoms with E-state index in [4.69, 9.17) is 14.7 Å². The van der Waals surface area contributed by atoms with Crippen molar-refractivity contribution in [1.82, 2.24) is 15.3 Å². The second kappa shape index (κ2) is 5.17. The summed E-state index contributed by atoms with van der Waals surface area (Å²) in [5.41, 5.74) is 3.55. The van der Waals surface area contributed by atoms with Crippen molar-refractivity contribution >= 4 is 0 Å². The van der Waals surface area contributed by atoms with E-state index in [0.29, 0.717) is 0 Å². The molecule has 2 heterocycles. The van der Waals surface area contributed by atoms with Crippen LogP contribution in [-0.2, 0) is 29.7 Å². The zero-order valence-electron chi connectivity index (χ0n) is 12.0. The monoisotopic (exact) mass is 261 g/mol. The number of fused-ring (bicyclic) bond motifs is 1. The zero-order chi connectivity index (χ0) is 13.3. The molecule has 19 heavy (non-hydrogen) atoms. The first-order valence-corrected chi connectivity index (χ1v) is 7.44. The third-order valence-corrected chi connectivity index (χ3v) is 4.56. The Kier molecular flexibility index (Phi) is 3.54. The van der Waals surface area contributed by atoms with Crippen LogP contribution in [0, 0.1) is 0 Å². The van der Waals surface area contributed by atoms with Gasteiger partial charge in [0.15, 0.2) is 5.82 Å². The molecular formula is C15H23N3O. The van der Waals surface area contributed by atoms with Crippen molar-refractivity contribution in [2.24, 2.45) is 0 Å². The molecule has 0 saturated heterocycles. The lowest BCUT2D eigenvalue weighted by molar-refractivity contribution is -0.0167. The van der Waals surface area contributed by atoms with Crippen molar-refractivity contribution in [3.63, 3.8) is 0 Å². The maximum absolute atomic E-state index is 5.83. The maximum atomic E-state index is 5.83. The highest BCUT2D eigenvalue weighted by molar-refractivity contribution is 5.29. The summed E-state index contributed by atoms with van der Waals surface area (Å²) in [6.07, 6.45) is 6.54. The number of ether oxygens (including phenoxy) is 1. The first-order valence-electron chi connectivity index (χ1n) is 7.44. The molecule has 104 valence electrons. The van der Waals surface area contributed by atoms with Gasteiger partial charge < -0.3 is 10.1 Å². The molecule has 0 aromatic carbocycles. The number of hydrogen-bond acceptors (Lipinski definition) is 4. The maximum Gasteiger partial charge on any atom is 0.160 e. The van der Waals surface area contributed by atoms with Gasteiger partial charge in [0.05, 0.1) is 5.69 Å². The number of methoxy groups -OCH3 is 1. The van der Waals surface area contributed by atoms with Gasteiger partial charge in [0.2, 0.25) is 0 Å². The molecule has 1 aliphatic carbocycles. The standard InChI is InChI=1S/C15H23N3O/c1-3-12-11-10-16-9-6-13(11)18-14(17-12)15(19-2)7-4-5-8-15/h16H,3-10H2,1-2H3. The molecule has 0 spiro atoms. The Hall–Kier alpha value is -1.00. The Morgan fingerprint density at radius 1 is 1.26 bits per heavy atom. The quantitative estimate of drug-likeness (QED) is 0.905. The van der Waals surface area contributed by atoms with Crippen LogP contribution in [0.1, 0.15) is 55.4 Å². The third-order valence-electron chi connectivity index (χ3n) is 4.56. The predicted octanol–water partition coefficient (Wildman–Crippen LogP) is 2.10. The van der Waals surface area contributed by atoms with Gasteiger partial charge in [0, 0.05) is 37.9 Å². The highest BCUT2D eigenvalue weighted by Gasteiger charge is 2.39. The normalized spacial score (nSPS) is 21.4. The van der Waals surface area contributed by atoms with Crippen molar-refractivity contribution in [3.05, 3.63) is 22.8 Å². The van der Waals surface area contributed by atoms with E-state index < -0.39 is 0 Å². The second-order valence-corrected chi connectivity index (χ2v) is 5.61. The van der Waals surface area contributed by atoms with Crippen LogP contribution in [0.5, 0.6) is 0 Å². The molecule has 2 aliphatic rings. The molecule has 3 rings (SSSR count). The number of nitrogens with one attached hydrogen (secondary N) is 1. The largest absolute Gasteiger partial charge is 0.370 e. The predicted molar refractivity (Wildman–Crippen MR) is 74.0 cm³/mol. The first-order chi connectivity index (χ1) is 9.29. The van der Waals surface area contributed by atoms with Crippen LogP contribution in [0.4, 0.5) is 0 Å². The van der Waals surface area contributed by atoms with Gasteiger partial charge in [0.1, 0.15) is 5.60 Å². The van der Waals surface area contributed by atoms with E-state index in [-0.39, 0.29) is 5.60 Å². The van der Waals surface area contributed by atoms with Gasteiger partial charge in [0.25, 0.3) is 0 Å². The lowest BCUT2D eigenvalue weighted by atomic mass is 9.98. The summed E-state index contributed by atoms with van der Waals surface area (Å²) in [7, 11) is 1.81. The fourth-order valence-electron chi connectivity index (χ4n) is 3.37. The van der Waals surface area contributed by atoms with Crippen molar-refractivity contribution in [2.45, 2.75) is 57.6 Å². The van der Waals surface area contributed by atoms with Gasteiger partial charge in [-0.1, -0.05) is 6.92 Å². The second-order valence-electron chi connectivity index (χ2n) is 5.61. The van der Waals surface area contributed by atoms with Crippen LogP contribution in [0.25, 0.3) is 0 Å². The molecule has 0 bridgehead atoms. The number of hydrogen-bond donors (Lipinski definition) is 1. The van der Waals surface area contributed by atoms with E-state index in [2.05, 4.69) is 12.2 Å². The fraction of sp³-hybridized carbons (Fsp3) is 0.733. The SMILES string of the molecule is CCc1nc(C2(OC)CCCC2)nc2c1CNCC2. The highest BCUT2D eigenvalue weighted by atomic mass is 16.5. The summed E-state index contributed by atoms with van der Waals surface area (Å²) in [6, 6.07) is 0. The van der Waals surface area contributed by atoms with Gasteiger partial charge in [-0.3, -0.25) is 0 Å². The Morgan fingerprint density at radius 2 is 2.05 bits per heavy atom. The van der Waals surface area contributed by atoms with E-state index in [9.17, 15) is 0 Å². The Balaban J connectivity index is 2.06. The van der Waals surface area contributed by atoms with Gasteiger partial charge in [-0.15, -0.1) is 0 Å². The van der Waals surface area contributed by atoms with Crippen LogP contribution in [0.3, 0.4) is 0 Å². The fourth-order valence-corrected chi connectivity index (χ4v) is 3.37. The number of aryl methyl sites for hydroxylation is 1. The summed E-state index contributed by atoms with van der Waals surface area (Å²) in [5, 5.41) is 3.42. The van der Waals surface area contributed by atoms with Crippen LogP contribution in [0.15, 0.2) is 0 Å². The molecule has 1 aromatic heterocycles. The minimum Gasteiger partial charge on any atom is -0.370 e. The molecule has 4 nitrogen and oxygen atoms in total. The van der Waals surface area contributed by atoms with Crippen LogP contribution in [-0.4, -0.2) is 23.6 Å².